The van der Waals surface area contributed by atoms with E-state index in [2.05, 4.69) is 0 Å². The molecule has 4 N–H and O–H groups in total. The SMILES string of the molecule is NC1=CC(=O)c2c(O)ccc(O)c2C1=O. The van der Waals surface area contributed by atoms with Gasteiger partial charge in [-0.3, -0.25) is 9.59 Å². The normalized spacial score (nSPS) is 14.8. The van der Waals surface area contributed by atoms with Gasteiger partial charge in [0.2, 0.25) is 5.78 Å². The summed E-state index contributed by atoms with van der Waals surface area (Å²) in [6.45, 7) is 0. The van der Waals surface area contributed by atoms with E-state index in [9.17, 15) is 19.8 Å². The minimum Gasteiger partial charge on any atom is -0.507 e. The van der Waals surface area contributed by atoms with E-state index in [4.69, 9.17) is 5.73 Å². The summed E-state index contributed by atoms with van der Waals surface area (Å²) in [5, 5.41) is 18.8. The highest BCUT2D eigenvalue weighted by Crippen LogP contribution is 2.33. The van der Waals surface area contributed by atoms with Gasteiger partial charge in [-0.2, -0.15) is 0 Å². The van der Waals surface area contributed by atoms with Crippen LogP contribution in [0.15, 0.2) is 23.9 Å². The van der Waals surface area contributed by atoms with Gasteiger partial charge in [0.1, 0.15) is 11.5 Å². The van der Waals surface area contributed by atoms with E-state index in [0.29, 0.717) is 0 Å². The van der Waals surface area contributed by atoms with Crippen LogP contribution in [-0.2, 0) is 0 Å². The Morgan fingerprint density at radius 1 is 1.00 bits per heavy atom. The summed E-state index contributed by atoms with van der Waals surface area (Å²) >= 11 is 0. The van der Waals surface area contributed by atoms with Gasteiger partial charge in [0, 0.05) is 6.08 Å². The Bertz CT molecular complexity index is 516. The van der Waals surface area contributed by atoms with Crippen molar-refractivity contribution in [2.24, 2.45) is 5.73 Å². The molecule has 5 heteroatoms. The molecule has 1 aromatic carbocycles. The average Bonchev–Trinajstić information content (AvgIpc) is 2.18. The topological polar surface area (TPSA) is 101 Å². The number of benzene rings is 1. The highest BCUT2D eigenvalue weighted by Gasteiger charge is 2.29. The quantitative estimate of drug-likeness (QED) is 0.529. The third kappa shape index (κ3) is 1.17. The lowest BCUT2D eigenvalue weighted by molar-refractivity contribution is 0.0978. The van der Waals surface area contributed by atoms with Crippen LogP contribution in [0, 0.1) is 0 Å². The molecule has 0 saturated heterocycles. The Morgan fingerprint density at radius 3 is 2.13 bits per heavy atom. The molecular formula is C10H7NO4. The monoisotopic (exact) mass is 205 g/mol. The predicted octanol–water partition coefficient (Wildman–Crippen LogP) is 0.319. The lowest BCUT2D eigenvalue weighted by Crippen LogP contribution is -2.21. The van der Waals surface area contributed by atoms with Gasteiger partial charge < -0.3 is 15.9 Å². The number of nitrogens with two attached hydrogens (primary N) is 1. The maximum Gasteiger partial charge on any atom is 0.213 e. The molecule has 15 heavy (non-hydrogen) atoms. The number of ketones is 2. The summed E-state index contributed by atoms with van der Waals surface area (Å²) < 4.78 is 0. The molecule has 1 aromatic rings. The number of aromatic hydroxyl groups is 2. The standard InChI is InChI=1S/C10H7NO4/c11-4-3-7(14)8-5(12)1-2-6(13)9(8)10(4)15/h1-3,12-13H,11H2. The summed E-state index contributed by atoms with van der Waals surface area (Å²) in [7, 11) is 0. The average molecular weight is 205 g/mol. The first-order valence-corrected chi connectivity index (χ1v) is 4.13. The molecular weight excluding hydrogens is 198 g/mol. The number of Topliss-reactive ketones (excluding diaryl/α,β-unsaturated/α-hetero) is 1. The van der Waals surface area contributed by atoms with Gasteiger partial charge in [-0.15, -0.1) is 0 Å². The number of allylic oxidation sites excluding steroid dienone is 2. The van der Waals surface area contributed by atoms with Crippen LogP contribution in [0.3, 0.4) is 0 Å². The fourth-order valence-corrected chi connectivity index (χ4v) is 1.48. The first-order valence-electron chi connectivity index (χ1n) is 4.13. The van der Waals surface area contributed by atoms with Gasteiger partial charge >= 0.3 is 0 Å². The van der Waals surface area contributed by atoms with Gasteiger partial charge in [-0.25, -0.2) is 0 Å². The minimum atomic E-state index is -0.655. The van der Waals surface area contributed by atoms with Crippen molar-refractivity contribution in [3.8, 4) is 11.5 Å². The number of hydrogen-bond donors (Lipinski definition) is 3. The second-order valence-electron chi connectivity index (χ2n) is 3.15. The third-order valence-electron chi connectivity index (χ3n) is 2.18. The lowest BCUT2D eigenvalue weighted by Gasteiger charge is -2.14. The Hall–Kier alpha value is -2.30. The number of carbonyl (C=O) groups excluding carboxylic acids is 2. The maximum absolute atomic E-state index is 11.5. The number of phenols is 2. The molecule has 0 aromatic heterocycles. The lowest BCUT2D eigenvalue weighted by atomic mass is 9.91. The molecule has 0 aliphatic heterocycles. The maximum atomic E-state index is 11.5. The van der Waals surface area contributed by atoms with Crippen LogP contribution in [0.25, 0.3) is 0 Å². The molecule has 0 spiro atoms. The number of hydrogen-bond acceptors (Lipinski definition) is 5. The van der Waals surface area contributed by atoms with Crippen LogP contribution in [0.4, 0.5) is 0 Å². The second-order valence-corrected chi connectivity index (χ2v) is 3.15. The Morgan fingerprint density at radius 2 is 1.53 bits per heavy atom. The number of carbonyl (C=O) groups is 2. The van der Waals surface area contributed by atoms with Gasteiger partial charge in [-0.1, -0.05) is 0 Å². The fraction of sp³-hybridized carbons (Fsp3) is 0. The van der Waals surface area contributed by atoms with Crippen molar-refractivity contribution in [3.05, 3.63) is 35.0 Å². The van der Waals surface area contributed by atoms with Crippen molar-refractivity contribution < 1.29 is 19.8 Å². The van der Waals surface area contributed by atoms with Crippen LogP contribution < -0.4 is 5.73 Å². The van der Waals surface area contributed by atoms with Gasteiger partial charge in [-0.05, 0) is 12.1 Å². The van der Waals surface area contributed by atoms with Crippen LogP contribution in [0.2, 0.25) is 0 Å². The van der Waals surface area contributed by atoms with E-state index in [1.165, 1.54) is 0 Å². The van der Waals surface area contributed by atoms with E-state index < -0.39 is 11.6 Å². The van der Waals surface area contributed by atoms with Crippen LogP contribution in [0.1, 0.15) is 20.7 Å². The first-order chi connectivity index (χ1) is 7.02. The summed E-state index contributed by atoms with van der Waals surface area (Å²) in [6, 6.07) is 2.28. The summed E-state index contributed by atoms with van der Waals surface area (Å²) in [5.74, 6) is -1.95. The number of fused-ring (bicyclic) bond motifs is 1. The smallest absolute Gasteiger partial charge is 0.213 e. The number of rotatable bonds is 0. The van der Waals surface area contributed by atoms with Crippen molar-refractivity contribution >= 4 is 11.6 Å². The Labute approximate surface area is 84.4 Å². The molecule has 0 fully saturated rings. The Balaban J connectivity index is 2.82. The molecule has 1 aliphatic rings. The second kappa shape index (κ2) is 2.84. The van der Waals surface area contributed by atoms with Crippen molar-refractivity contribution in [2.45, 2.75) is 0 Å². The fourth-order valence-electron chi connectivity index (χ4n) is 1.48. The molecule has 0 radical (unpaired) electrons. The van der Waals surface area contributed by atoms with Crippen LogP contribution in [-0.4, -0.2) is 21.8 Å². The number of phenolic OH excluding ortho intramolecular Hbond substituents is 2. The molecule has 0 saturated carbocycles. The molecule has 0 unspecified atom stereocenters. The van der Waals surface area contributed by atoms with Gasteiger partial charge in [0.15, 0.2) is 5.78 Å². The molecule has 0 amide bonds. The largest absolute Gasteiger partial charge is 0.507 e. The van der Waals surface area contributed by atoms with Crippen molar-refractivity contribution in [1.29, 1.82) is 0 Å². The zero-order valence-corrected chi connectivity index (χ0v) is 7.52. The summed E-state index contributed by atoms with van der Waals surface area (Å²) in [4.78, 5) is 23.0. The van der Waals surface area contributed by atoms with Gasteiger partial charge in [0.25, 0.3) is 0 Å². The van der Waals surface area contributed by atoms with E-state index in [-0.39, 0.29) is 28.3 Å². The van der Waals surface area contributed by atoms with E-state index >= 15 is 0 Å². The Kier molecular flexibility index (Phi) is 1.76. The molecule has 0 bridgehead atoms. The van der Waals surface area contributed by atoms with Crippen molar-refractivity contribution in [3.63, 3.8) is 0 Å². The van der Waals surface area contributed by atoms with Crippen molar-refractivity contribution in [1.82, 2.24) is 0 Å². The first kappa shape index (κ1) is 9.26. The zero-order chi connectivity index (χ0) is 11.2. The third-order valence-corrected chi connectivity index (χ3v) is 2.18. The van der Waals surface area contributed by atoms with Crippen LogP contribution >= 0.6 is 0 Å². The highest BCUT2D eigenvalue weighted by atomic mass is 16.3. The summed E-state index contributed by atoms with van der Waals surface area (Å²) in [6.07, 6.45) is 0.934. The summed E-state index contributed by atoms with van der Waals surface area (Å²) in [5.41, 5.74) is 4.62. The van der Waals surface area contributed by atoms with E-state index in [1.54, 1.807) is 0 Å². The molecule has 2 rings (SSSR count). The highest BCUT2D eigenvalue weighted by molar-refractivity contribution is 6.26. The zero-order valence-electron chi connectivity index (χ0n) is 7.52. The van der Waals surface area contributed by atoms with Gasteiger partial charge in [0.05, 0.1) is 16.8 Å². The predicted molar refractivity (Wildman–Crippen MR) is 50.7 cm³/mol. The molecule has 0 atom stereocenters. The molecule has 5 nitrogen and oxygen atoms in total. The minimum absolute atomic E-state index is 0.200. The van der Waals surface area contributed by atoms with E-state index in [0.717, 1.165) is 18.2 Å². The molecule has 76 valence electrons. The van der Waals surface area contributed by atoms with E-state index in [1.807, 2.05) is 0 Å². The van der Waals surface area contributed by atoms with Crippen LogP contribution in [0.5, 0.6) is 11.5 Å². The molecule has 0 heterocycles. The van der Waals surface area contributed by atoms with Crippen molar-refractivity contribution in [2.75, 3.05) is 0 Å². The molecule has 1 aliphatic carbocycles.